The molecule has 9 heteroatoms. The lowest BCUT2D eigenvalue weighted by Gasteiger charge is -2.35. The number of piperazine rings is 1. The minimum atomic E-state index is -0.111. The number of carbonyl (C=O) groups is 2. The maximum Gasteiger partial charge on any atom is 0.265 e. The molecule has 1 fully saturated rings. The van der Waals surface area contributed by atoms with Crippen molar-refractivity contribution in [1.82, 2.24) is 14.9 Å². The summed E-state index contributed by atoms with van der Waals surface area (Å²) in [4.78, 5) is 38.2. The molecular weight excluding hydrogens is 520 g/mol. The number of aromatic nitrogens is 2. The quantitative estimate of drug-likeness (QED) is 0.270. The van der Waals surface area contributed by atoms with E-state index in [1.54, 1.807) is 6.92 Å². The second kappa shape index (κ2) is 11.2. The molecule has 1 saturated heterocycles. The van der Waals surface area contributed by atoms with E-state index in [1.807, 2.05) is 83.2 Å². The molecule has 2 aromatic heterocycles. The summed E-state index contributed by atoms with van der Waals surface area (Å²) in [5.41, 5.74) is 5.59. The van der Waals surface area contributed by atoms with Crippen molar-refractivity contribution in [2.45, 2.75) is 6.92 Å². The average molecular weight is 549 g/mol. The molecule has 0 radical (unpaired) electrons. The lowest BCUT2D eigenvalue weighted by molar-refractivity contribution is -0.129. The standard InChI is InChI=1S/C31H28N6O2S/c1-21(38)36-15-17-37(18-16-36)26-13-11-25(12-14-26)34-31-32-20-23-4-2-5-27(29(23)35-31)22-7-9-24(10-8-22)33-30(39)28-6-3-19-40-28/h2-14,19-20H,15-18H2,1H3,(H,33,39)(H,32,34,35). The van der Waals surface area contributed by atoms with Gasteiger partial charge in [0.2, 0.25) is 11.9 Å². The molecule has 0 aliphatic carbocycles. The topological polar surface area (TPSA) is 90.5 Å². The number of nitrogens with one attached hydrogen (secondary N) is 2. The van der Waals surface area contributed by atoms with Gasteiger partial charge in [0.25, 0.3) is 5.91 Å². The van der Waals surface area contributed by atoms with Gasteiger partial charge in [0.1, 0.15) is 0 Å². The maximum atomic E-state index is 12.4. The first-order valence-electron chi connectivity index (χ1n) is 13.1. The van der Waals surface area contributed by atoms with Crippen LogP contribution in [0, 0.1) is 0 Å². The van der Waals surface area contributed by atoms with Crippen LogP contribution in [0.2, 0.25) is 0 Å². The van der Waals surface area contributed by atoms with Crippen molar-refractivity contribution >= 4 is 57.1 Å². The number of amides is 2. The van der Waals surface area contributed by atoms with E-state index in [9.17, 15) is 9.59 Å². The van der Waals surface area contributed by atoms with Crippen LogP contribution in [0.3, 0.4) is 0 Å². The summed E-state index contributed by atoms with van der Waals surface area (Å²) in [6.07, 6.45) is 1.83. The highest BCUT2D eigenvalue weighted by Gasteiger charge is 2.18. The lowest BCUT2D eigenvalue weighted by atomic mass is 10.0. The average Bonchev–Trinajstić information content (AvgIpc) is 3.53. The van der Waals surface area contributed by atoms with E-state index >= 15 is 0 Å². The van der Waals surface area contributed by atoms with Crippen LogP contribution in [-0.2, 0) is 4.79 Å². The Morgan fingerprint density at radius 1 is 0.850 bits per heavy atom. The fraction of sp³-hybridized carbons (Fsp3) is 0.161. The third-order valence-corrected chi connectivity index (χ3v) is 7.89. The summed E-state index contributed by atoms with van der Waals surface area (Å²) in [5.74, 6) is 0.538. The molecule has 0 unspecified atom stereocenters. The molecule has 40 heavy (non-hydrogen) atoms. The van der Waals surface area contributed by atoms with Gasteiger partial charge in [0.15, 0.2) is 0 Å². The smallest absolute Gasteiger partial charge is 0.265 e. The minimum Gasteiger partial charge on any atom is -0.368 e. The lowest BCUT2D eigenvalue weighted by Crippen LogP contribution is -2.48. The monoisotopic (exact) mass is 548 g/mol. The van der Waals surface area contributed by atoms with Crippen molar-refractivity contribution in [2.75, 3.05) is 41.7 Å². The maximum absolute atomic E-state index is 12.4. The Morgan fingerprint density at radius 3 is 2.30 bits per heavy atom. The number of nitrogens with zero attached hydrogens (tertiary/aromatic N) is 4. The Morgan fingerprint density at radius 2 is 1.60 bits per heavy atom. The van der Waals surface area contributed by atoms with Crippen LogP contribution < -0.4 is 15.5 Å². The van der Waals surface area contributed by atoms with Gasteiger partial charge in [-0.05, 0) is 53.4 Å². The second-order valence-electron chi connectivity index (χ2n) is 9.61. The van der Waals surface area contributed by atoms with Crippen LogP contribution >= 0.6 is 11.3 Å². The molecule has 0 bridgehead atoms. The van der Waals surface area contributed by atoms with E-state index in [0.717, 1.165) is 65.3 Å². The fourth-order valence-electron chi connectivity index (χ4n) is 4.85. The van der Waals surface area contributed by atoms with E-state index in [0.29, 0.717) is 10.8 Å². The number of hydrogen-bond acceptors (Lipinski definition) is 7. The number of benzene rings is 3. The Balaban J connectivity index is 1.17. The van der Waals surface area contributed by atoms with Gasteiger partial charge in [-0.15, -0.1) is 11.3 Å². The molecule has 0 atom stereocenters. The van der Waals surface area contributed by atoms with Crippen LogP contribution in [0.25, 0.3) is 22.0 Å². The molecule has 200 valence electrons. The first-order chi connectivity index (χ1) is 19.5. The van der Waals surface area contributed by atoms with Crippen molar-refractivity contribution in [2.24, 2.45) is 0 Å². The Kier molecular flexibility index (Phi) is 7.11. The SMILES string of the molecule is CC(=O)N1CCN(c2ccc(Nc3ncc4cccc(-c5ccc(NC(=O)c6cccs6)cc5)c4n3)cc2)CC1. The molecule has 8 nitrogen and oxygen atoms in total. The predicted octanol–water partition coefficient (Wildman–Crippen LogP) is 6.02. The van der Waals surface area contributed by atoms with Crippen molar-refractivity contribution in [1.29, 1.82) is 0 Å². The van der Waals surface area contributed by atoms with Gasteiger partial charge < -0.3 is 20.4 Å². The second-order valence-corrected chi connectivity index (χ2v) is 10.6. The van der Waals surface area contributed by atoms with Gasteiger partial charge in [0, 0.05) is 67.3 Å². The highest BCUT2D eigenvalue weighted by molar-refractivity contribution is 7.12. The molecule has 2 N–H and O–H groups in total. The van der Waals surface area contributed by atoms with Gasteiger partial charge in [0.05, 0.1) is 10.4 Å². The summed E-state index contributed by atoms with van der Waals surface area (Å²) in [5, 5.41) is 9.11. The number of thiophene rings is 1. The highest BCUT2D eigenvalue weighted by atomic mass is 32.1. The van der Waals surface area contributed by atoms with Crippen molar-refractivity contribution in [3.05, 3.63) is 95.3 Å². The van der Waals surface area contributed by atoms with Crippen molar-refractivity contribution < 1.29 is 9.59 Å². The van der Waals surface area contributed by atoms with Crippen LogP contribution in [0.1, 0.15) is 16.6 Å². The van der Waals surface area contributed by atoms with Crippen molar-refractivity contribution in [3.63, 3.8) is 0 Å². The minimum absolute atomic E-state index is 0.111. The Bertz CT molecular complexity index is 1640. The third-order valence-electron chi connectivity index (χ3n) is 7.02. The Hall–Kier alpha value is -4.76. The number of fused-ring (bicyclic) bond motifs is 1. The predicted molar refractivity (Wildman–Crippen MR) is 161 cm³/mol. The number of anilines is 4. The number of para-hydroxylation sites is 1. The molecular formula is C31H28N6O2S. The van der Waals surface area contributed by atoms with Gasteiger partial charge in [-0.1, -0.05) is 36.4 Å². The zero-order valence-corrected chi connectivity index (χ0v) is 22.8. The largest absolute Gasteiger partial charge is 0.368 e. The first-order valence-corrected chi connectivity index (χ1v) is 14.0. The number of hydrogen-bond donors (Lipinski definition) is 2. The van der Waals surface area contributed by atoms with Crippen molar-refractivity contribution in [3.8, 4) is 11.1 Å². The van der Waals surface area contributed by atoms with Gasteiger partial charge in [-0.2, -0.15) is 0 Å². The van der Waals surface area contributed by atoms with E-state index in [1.165, 1.54) is 11.3 Å². The zero-order valence-electron chi connectivity index (χ0n) is 22.0. The first kappa shape index (κ1) is 25.5. The molecule has 5 aromatic rings. The summed E-state index contributed by atoms with van der Waals surface area (Å²) >= 11 is 1.42. The van der Waals surface area contributed by atoms with Crippen LogP contribution in [0.4, 0.5) is 23.0 Å². The van der Waals surface area contributed by atoms with E-state index in [4.69, 9.17) is 4.98 Å². The molecule has 3 heterocycles. The summed E-state index contributed by atoms with van der Waals surface area (Å²) in [7, 11) is 0. The zero-order chi connectivity index (χ0) is 27.5. The molecule has 0 spiro atoms. The number of rotatable bonds is 6. The summed E-state index contributed by atoms with van der Waals surface area (Å²) in [6.45, 7) is 4.76. The van der Waals surface area contributed by atoms with Gasteiger partial charge in [-0.25, -0.2) is 9.97 Å². The molecule has 1 aliphatic heterocycles. The summed E-state index contributed by atoms with van der Waals surface area (Å²) in [6, 6.07) is 25.7. The molecule has 2 amide bonds. The summed E-state index contributed by atoms with van der Waals surface area (Å²) < 4.78 is 0. The van der Waals surface area contributed by atoms with Crippen LogP contribution in [0.5, 0.6) is 0 Å². The Labute approximate surface area is 236 Å². The van der Waals surface area contributed by atoms with E-state index in [2.05, 4.69) is 32.7 Å². The molecule has 6 rings (SSSR count). The molecule has 3 aromatic carbocycles. The van der Waals surface area contributed by atoms with E-state index < -0.39 is 0 Å². The normalized spacial score (nSPS) is 13.3. The van der Waals surface area contributed by atoms with Crippen LogP contribution in [-0.4, -0.2) is 52.9 Å². The van der Waals surface area contributed by atoms with Gasteiger partial charge >= 0.3 is 0 Å². The number of carbonyl (C=O) groups excluding carboxylic acids is 2. The van der Waals surface area contributed by atoms with Crippen LogP contribution in [0.15, 0.2) is 90.4 Å². The fourth-order valence-corrected chi connectivity index (χ4v) is 5.47. The molecule has 1 aliphatic rings. The third kappa shape index (κ3) is 5.50. The highest BCUT2D eigenvalue weighted by Crippen LogP contribution is 2.30. The van der Waals surface area contributed by atoms with Gasteiger partial charge in [-0.3, -0.25) is 9.59 Å². The molecule has 0 saturated carbocycles. The van der Waals surface area contributed by atoms with E-state index in [-0.39, 0.29) is 11.8 Å².